The molecule has 0 fully saturated rings. The van der Waals surface area contributed by atoms with Gasteiger partial charge in [0.25, 0.3) is 0 Å². The highest BCUT2D eigenvalue weighted by Gasteiger charge is 2.31. The Hall–Kier alpha value is -2.77. The van der Waals surface area contributed by atoms with Gasteiger partial charge in [0.15, 0.2) is 0 Å². The maximum Gasteiger partial charge on any atom is 0.416 e. The molecule has 0 bridgehead atoms. The molecule has 0 aliphatic rings. The van der Waals surface area contributed by atoms with Crippen LogP contribution in [0, 0.1) is 0 Å². The standard InChI is InChI=1S/C17H15F4NO3/c1-24-15-5-2-10(8-18)6-14(15)13-4-3-12(17(19,20)21)7-11(13)9-25-16(22)23/h2-7H,8-9H2,1H3,(H2,22,23). The zero-order valence-electron chi connectivity index (χ0n) is 13.2. The van der Waals surface area contributed by atoms with Crippen LogP contribution in [0.2, 0.25) is 0 Å². The van der Waals surface area contributed by atoms with Crippen LogP contribution in [0.4, 0.5) is 22.4 Å². The minimum atomic E-state index is -4.56. The summed E-state index contributed by atoms with van der Waals surface area (Å²) in [7, 11) is 1.39. The number of carbonyl (C=O) groups excluding carboxylic acids is 1. The van der Waals surface area contributed by atoms with Crippen LogP contribution in [0.5, 0.6) is 5.75 Å². The van der Waals surface area contributed by atoms with Gasteiger partial charge >= 0.3 is 12.3 Å². The number of methoxy groups -OCH3 is 1. The molecular formula is C17H15F4NO3. The van der Waals surface area contributed by atoms with Gasteiger partial charge in [-0.05, 0) is 41.0 Å². The molecular weight excluding hydrogens is 342 g/mol. The molecule has 0 saturated heterocycles. The van der Waals surface area contributed by atoms with Crippen molar-refractivity contribution in [3.63, 3.8) is 0 Å². The van der Waals surface area contributed by atoms with Gasteiger partial charge in [-0.2, -0.15) is 13.2 Å². The number of amides is 1. The molecule has 0 aromatic heterocycles. The summed E-state index contributed by atoms with van der Waals surface area (Å²) in [6.07, 6.45) is -5.68. The molecule has 8 heteroatoms. The lowest BCUT2D eigenvalue weighted by molar-refractivity contribution is -0.137. The molecule has 134 valence electrons. The van der Waals surface area contributed by atoms with Crippen LogP contribution >= 0.6 is 0 Å². The summed E-state index contributed by atoms with van der Waals surface area (Å²) in [5, 5.41) is 0. The van der Waals surface area contributed by atoms with Crippen molar-refractivity contribution in [2.75, 3.05) is 7.11 Å². The lowest BCUT2D eigenvalue weighted by Gasteiger charge is -2.16. The first-order chi connectivity index (χ1) is 11.8. The monoisotopic (exact) mass is 357 g/mol. The van der Waals surface area contributed by atoms with E-state index in [9.17, 15) is 22.4 Å². The van der Waals surface area contributed by atoms with Gasteiger partial charge in [0, 0.05) is 5.56 Å². The number of hydrogen-bond donors (Lipinski definition) is 1. The Bertz CT molecular complexity index is 775. The number of hydrogen-bond acceptors (Lipinski definition) is 3. The number of benzene rings is 2. The van der Waals surface area contributed by atoms with Gasteiger partial charge in [0.1, 0.15) is 19.0 Å². The number of halogens is 4. The Labute approximate surface area is 141 Å². The van der Waals surface area contributed by atoms with Crippen molar-refractivity contribution in [1.29, 1.82) is 0 Å². The zero-order valence-corrected chi connectivity index (χ0v) is 13.2. The van der Waals surface area contributed by atoms with E-state index in [1.165, 1.54) is 31.4 Å². The van der Waals surface area contributed by atoms with E-state index in [-0.39, 0.29) is 5.56 Å². The molecule has 0 heterocycles. The van der Waals surface area contributed by atoms with Crippen molar-refractivity contribution in [1.82, 2.24) is 0 Å². The molecule has 25 heavy (non-hydrogen) atoms. The number of primary amides is 1. The quantitative estimate of drug-likeness (QED) is 0.805. The fourth-order valence-corrected chi connectivity index (χ4v) is 2.35. The summed E-state index contributed by atoms with van der Waals surface area (Å²) in [6, 6.07) is 7.47. The smallest absolute Gasteiger partial charge is 0.416 e. The second-order valence-electron chi connectivity index (χ2n) is 5.15. The lowest BCUT2D eigenvalue weighted by atomic mass is 9.95. The van der Waals surface area contributed by atoms with Gasteiger partial charge < -0.3 is 15.2 Å². The highest BCUT2D eigenvalue weighted by atomic mass is 19.4. The van der Waals surface area contributed by atoms with Gasteiger partial charge in [0.2, 0.25) is 0 Å². The first kappa shape index (κ1) is 18.6. The summed E-state index contributed by atoms with van der Waals surface area (Å²) in [5.41, 5.74) is 5.10. The minimum Gasteiger partial charge on any atom is -0.496 e. The van der Waals surface area contributed by atoms with Crippen molar-refractivity contribution < 1.29 is 31.8 Å². The van der Waals surface area contributed by atoms with Crippen LogP contribution in [0.3, 0.4) is 0 Å². The van der Waals surface area contributed by atoms with E-state index < -0.39 is 31.1 Å². The largest absolute Gasteiger partial charge is 0.496 e. The van der Waals surface area contributed by atoms with Crippen molar-refractivity contribution in [3.8, 4) is 16.9 Å². The van der Waals surface area contributed by atoms with Crippen LogP contribution in [-0.2, 0) is 24.2 Å². The molecule has 2 rings (SSSR count). The molecule has 1 amide bonds. The van der Waals surface area contributed by atoms with Crippen LogP contribution in [0.25, 0.3) is 11.1 Å². The van der Waals surface area contributed by atoms with E-state index in [2.05, 4.69) is 4.74 Å². The molecule has 2 aromatic carbocycles. The molecule has 0 radical (unpaired) electrons. The van der Waals surface area contributed by atoms with Crippen molar-refractivity contribution in [2.24, 2.45) is 5.73 Å². The van der Waals surface area contributed by atoms with Crippen molar-refractivity contribution >= 4 is 6.09 Å². The van der Waals surface area contributed by atoms with Crippen molar-refractivity contribution in [3.05, 3.63) is 53.1 Å². The Morgan fingerprint density at radius 3 is 2.40 bits per heavy atom. The summed E-state index contributed by atoms with van der Waals surface area (Å²) in [5.74, 6) is 0.345. The summed E-state index contributed by atoms with van der Waals surface area (Å²) in [6.45, 7) is -1.21. The third kappa shape index (κ3) is 4.40. The third-order valence-electron chi connectivity index (χ3n) is 3.51. The number of rotatable bonds is 5. The predicted octanol–water partition coefficient (Wildman–Crippen LogP) is 4.45. The summed E-state index contributed by atoms with van der Waals surface area (Å²) >= 11 is 0. The number of carbonyl (C=O) groups is 1. The van der Waals surface area contributed by atoms with Crippen LogP contribution in [0.15, 0.2) is 36.4 Å². The highest BCUT2D eigenvalue weighted by Crippen LogP contribution is 2.37. The van der Waals surface area contributed by atoms with Crippen LogP contribution in [0.1, 0.15) is 16.7 Å². The Morgan fingerprint density at radius 1 is 1.12 bits per heavy atom. The highest BCUT2D eigenvalue weighted by molar-refractivity contribution is 5.75. The maximum atomic E-state index is 13.0. The predicted molar refractivity (Wildman–Crippen MR) is 82.6 cm³/mol. The van der Waals surface area contributed by atoms with Crippen LogP contribution < -0.4 is 10.5 Å². The molecule has 0 spiro atoms. The lowest BCUT2D eigenvalue weighted by Crippen LogP contribution is -2.14. The number of alkyl halides is 4. The van der Waals surface area contributed by atoms with Crippen molar-refractivity contribution in [2.45, 2.75) is 19.5 Å². The topological polar surface area (TPSA) is 61.6 Å². The molecule has 2 N–H and O–H groups in total. The number of ether oxygens (including phenoxy) is 2. The van der Waals surface area contributed by atoms with Gasteiger partial charge in [-0.1, -0.05) is 12.1 Å². The molecule has 4 nitrogen and oxygen atoms in total. The molecule has 0 unspecified atom stereocenters. The van der Waals surface area contributed by atoms with E-state index in [0.717, 1.165) is 12.1 Å². The normalized spacial score (nSPS) is 11.2. The summed E-state index contributed by atoms with van der Waals surface area (Å²) < 4.78 is 61.7. The molecule has 0 aliphatic heterocycles. The molecule has 2 aromatic rings. The van der Waals surface area contributed by atoms with Gasteiger partial charge in [-0.3, -0.25) is 0 Å². The van der Waals surface area contributed by atoms with Gasteiger partial charge in [-0.25, -0.2) is 9.18 Å². The number of nitrogens with two attached hydrogens (primary N) is 1. The van der Waals surface area contributed by atoms with E-state index in [4.69, 9.17) is 10.5 Å². The Balaban J connectivity index is 2.61. The van der Waals surface area contributed by atoms with E-state index in [1.807, 2.05) is 0 Å². The Morgan fingerprint density at radius 2 is 1.84 bits per heavy atom. The average Bonchev–Trinajstić information content (AvgIpc) is 2.58. The van der Waals surface area contributed by atoms with E-state index in [0.29, 0.717) is 22.4 Å². The first-order valence-electron chi connectivity index (χ1n) is 7.12. The molecule has 0 saturated carbocycles. The van der Waals surface area contributed by atoms with E-state index >= 15 is 0 Å². The van der Waals surface area contributed by atoms with E-state index in [1.54, 1.807) is 0 Å². The zero-order chi connectivity index (χ0) is 18.6. The average molecular weight is 357 g/mol. The van der Waals surface area contributed by atoms with Crippen LogP contribution in [-0.4, -0.2) is 13.2 Å². The minimum absolute atomic E-state index is 0.0722. The van der Waals surface area contributed by atoms with Gasteiger partial charge in [0.05, 0.1) is 12.7 Å². The second-order valence-corrected chi connectivity index (χ2v) is 5.15. The fourth-order valence-electron chi connectivity index (χ4n) is 2.35. The molecule has 0 atom stereocenters. The Kier molecular flexibility index (Phi) is 5.51. The molecule has 0 aliphatic carbocycles. The first-order valence-corrected chi connectivity index (χ1v) is 7.12. The van der Waals surface area contributed by atoms with Gasteiger partial charge in [-0.15, -0.1) is 0 Å². The third-order valence-corrected chi connectivity index (χ3v) is 3.51. The second kappa shape index (κ2) is 7.42. The maximum absolute atomic E-state index is 13.0. The summed E-state index contributed by atoms with van der Waals surface area (Å²) in [4.78, 5) is 10.8. The fraction of sp³-hybridized carbons (Fsp3) is 0.235. The SMILES string of the molecule is COc1ccc(CF)cc1-c1ccc(C(F)(F)F)cc1COC(N)=O.